The van der Waals surface area contributed by atoms with Gasteiger partial charge < -0.3 is 5.11 Å². The Labute approximate surface area is 85.8 Å². The molecule has 2 aliphatic rings. The Hall–Kier alpha value is -0.820. The molecule has 0 radical (unpaired) electrons. The van der Waals surface area contributed by atoms with Gasteiger partial charge in [0.1, 0.15) is 0 Å². The standard InChI is InChI=1S/C13H18O/c1-5-13(14)9-7-11(3)6-8-12(13,4)10(11)2/h5-6,8,14H,1-2,7,9H2,3-4H3/t11-,12-,13-/m0/s1. The van der Waals surface area contributed by atoms with Gasteiger partial charge in [0.05, 0.1) is 5.60 Å². The first-order valence-corrected chi connectivity index (χ1v) is 5.14. The van der Waals surface area contributed by atoms with Gasteiger partial charge in [-0.05, 0) is 19.8 Å². The van der Waals surface area contributed by atoms with Gasteiger partial charge in [-0.1, -0.05) is 37.3 Å². The molecule has 0 heterocycles. The first kappa shape index (κ1) is 9.72. The lowest BCUT2D eigenvalue weighted by Crippen LogP contribution is -2.49. The van der Waals surface area contributed by atoms with Crippen LogP contribution in [0.4, 0.5) is 0 Å². The summed E-state index contributed by atoms with van der Waals surface area (Å²) in [5, 5.41) is 10.5. The lowest BCUT2D eigenvalue weighted by Gasteiger charge is -2.49. The number of hydrogen-bond acceptors (Lipinski definition) is 1. The Morgan fingerprint density at radius 2 is 2.00 bits per heavy atom. The zero-order valence-electron chi connectivity index (χ0n) is 9.01. The van der Waals surface area contributed by atoms with E-state index in [2.05, 4.69) is 39.2 Å². The molecule has 0 aliphatic heterocycles. The average Bonchev–Trinajstić information content (AvgIpc) is 2.34. The molecular weight excluding hydrogens is 172 g/mol. The zero-order chi connectivity index (χ0) is 10.6. The van der Waals surface area contributed by atoms with Crippen molar-refractivity contribution in [3.05, 3.63) is 37.0 Å². The summed E-state index contributed by atoms with van der Waals surface area (Å²) in [5.74, 6) is 0. The van der Waals surface area contributed by atoms with Crippen LogP contribution in [-0.2, 0) is 0 Å². The summed E-state index contributed by atoms with van der Waals surface area (Å²) in [6.45, 7) is 12.2. The Balaban J connectivity index is 2.55. The summed E-state index contributed by atoms with van der Waals surface area (Å²) in [6.07, 6.45) is 7.70. The first-order chi connectivity index (χ1) is 6.38. The molecule has 76 valence electrons. The van der Waals surface area contributed by atoms with Gasteiger partial charge >= 0.3 is 0 Å². The number of aliphatic hydroxyl groups is 1. The average molecular weight is 190 g/mol. The van der Waals surface area contributed by atoms with Crippen LogP contribution < -0.4 is 0 Å². The highest BCUT2D eigenvalue weighted by Crippen LogP contribution is 2.61. The molecule has 1 nitrogen and oxygen atoms in total. The van der Waals surface area contributed by atoms with Crippen LogP contribution in [0.5, 0.6) is 0 Å². The molecule has 14 heavy (non-hydrogen) atoms. The number of allylic oxidation sites excluding steroid dienone is 1. The van der Waals surface area contributed by atoms with E-state index < -0.39 is 5.60 Å². The Morgan fingerprint density at radius 1 is 1.36 bits per heavy atom. The maximum absolute atomic E-state index is 10.5. The van der Waals surface area contributed by atoms with Crippen LogP contribution in [0, 0.1) is 10.8 Å². The van der Waals surface area contributed by atoms with Crippen LogP contribution >= 0.6 is 0 Å². The van der Waals surface area contributed by atoms with E-state index in [1.54, 1.807) is 6.08 Å². The number of fused-ring (bicyclic) bond motifs is 2. The fourth-order valence-electron chi connectivity index (χ4n) is 2.81. The van der Waals surface area contributed by atoms with Crippen molar-refractivity contribution in [3.8, 4) is 0 Å². The molecule has 0 saturated heterocycles. The summed E-state index contributed by atoms with van der Waals surface area (Å²) in [7, 11) is 0. The molecule has 0 aromatic heterocycles. The molecule has 1 saturated carbocycles. The predicted octanol–water partition coefficient (Wildman–Crippen LogP) is 2.84. The highest BCUT2D eigenvalue weighted by Gasteiger charge is 2.56. The van der Waals surface area contributed by atoms with Crippen molar-refractivity contribution < 1.29 is 5.11 Å². The molecule has 1 heteroatoms. The Morgan fingerprint density at radius 3 is 2.57 bits per heavy atom. The van der Waals surface area contributed by atoms with Crippen molar-refractivity contribution in [1.82, 2.24) is 0 Å². The van der Waals surface area contributed by atoms with Crippen LogP contribution in [0.3, 0.4) is 0 Å². The molecule has 2 aliphatic carbocycles. The van der Waals surface area contributed by atoms with Crippen molar-refractivity contribution in [2.45, 2.75) is 32.3 Å². The van der Waals surface area contributed by atoms with Crippen molar-refractivity contribution in [2.75, 3.05) is 0 Å². The van der Waals surface area contributed by atoms with E-state index in [4.69, 9.17) is 0 Å². The molecule has 3 atom stereocenters. The van der Waals surface area contributed by atoms with E-state index in [1.165, 1.54) is 0 Å². The fourth-order valence-corrected chi connectivity index (χ4v) is 2.81. The van der Waals surface area contributed by atoms with Crippen LogP contribution in [0.25, 0.3) is 0 Å². The van der Waals surface area contributed by atoms with Gasteiger partial charge in [0.2, 0.25) is 0 Å². The van der Waals surface area contributed by atoms with Crippen LogP contribution in [0.2, 0.25) is 0 Å². The van der Waals surface area contributed by atoms with Gasteiger partial charge in [0, 0.05) is 10.8 Å². The molecular formula is C13H18O. The van der Waals surface area contributed by atoms with Crippen molar-refractivity contribution >= 4 is 0 Å². The highest BCUT2D eigenvalue weighted by molar-refractivity contribution is 5.44. The number of rotatable bonds is 1. The maximum Gasteiger partial charge on any atom is 0.0950 e. The summed E-state index contributed by atoms with van der Waals surface area (Å²) >= 11 is 0. The lowest BCUT2D eigenvalue weighted by molar-refractivity contribution is -0.0205. The third kappa shape index (κ3) is 0.838. The maximum atomic E-state index is 10.5. The SMILES string of the molecule is C=C[C@]1(O)CC[C@]2(C)C=C[C@@]1(C)C2=C. The van der Waals surface area contributed by atoms with Gasteiger partial charge in [-0.2, -0.15) is 0 Å². The van der Waals surface area contributed by atoms with Gasteiger partial charge in [-0.15, -0.1) is 6.58 Å². The Kier molecular flexibility index (Phi) is 1.67. The minimum absolute atomic E-state index is 0.0873. The summed E-state index contributed by atoms with van der Waals surface area (Å²) in [6, 6.07) is 0. The molecule has 2 bridgehead atoms. The molecule has 0 aromatic rings. The second-order valence-corrected chi connectivity index (χ2v) is 5.06. The van der Waals surface area contributed by atoms with E-state index in [0.29, 0.717) is 0 Å². The van der Waals surface area contributed by atoms with Crippen molar-refractivity contribution in [3.63, 3.8) is 0 Å². The highest BCUT2D eigenvalue weighted by atomic mass is 16.3. The number of hydrogen-bond donors (Lipinski definition) is 1. The molecule has 0 amide bonds. The Bertz CT molecular complexity index is 341. The molecule has 2 rings (SSSR count). The van der Waals surface area contributed by atoms with Crippen molar-refractivity contribution in [1.29, 1.82) is 0 Å². The second-order valence-electron chi connectivity index (χ2n) is 5.06. The third-order valence-electron chi connectivity index (χ3n) is 4.36. The monoisotopic (exact) mass is 190 g/mol. The van der Waals surface area contributed by atoms with E-state index in [0.717, 1.165) is 18.4 Å². The molecule has 1 N–H and O–H groups in total. The van der Waals surface area contributed by atoms with Gasteiger partial charge in [0.25, 0.3) is 0 Å². The summed E-state index contributed by atoms with van der Waals surface area (Å²) in [5.41, 5.74) is 0.0844. The quantitative estimate of drug-likeness (QED) is 0.630. The first-order valence-electron chi connectivity index (χ1n) is 5.14. The minimum atomic E-state index is -0.809. The van der Waals surface area contributed by atoms with Gasteiger partial charge in [0.15, 0.2) is 0 Å². The van der Waals surface area contributed by atoms with Crippen LogP contribution in [0.1, 0.15) is 26.7 Å². The van der Waals surface area contributed by atoms with E-state index in [-0.39, 0.29) is 10.8 Å². The molecule has 0 aromatic carbocycles. The zero-order valence-corrected chi connectivity index (χ0v) is 9.01. The van der Waals surface area contributed by atoms with E-state index in [9.17, 15) is 5.11 Å². The predicted molar refractivity (Wildman–Crippen MR) is 58.9 cm³/mol. The molecule has 0 spiro atoms. The lowest BCUT2D eigenvalue weighted by atomic mass is 9.58. The molecule has 0 unspecified atom stereocenters. The minimum Gasteiger partial charge on any atom is -0.385 e. The smallest absolute Gasteiger partial charge is 0.0950 e. The van der Waals surface area contributed by atoms with E-state index in [1.807, 2.05) is 0 Å². The summed E-state index contributed by atoms with van der Waals surface area (Å²) in [4.78, 5) is 0. The third-order valence-corrected chi connectivity index (χ3v) is 4.36. The van der Waals surface area contributed by atoms with Gasteiger partial charge in [-0.25, -0.2) is 0 Å². The topological polar surface area (TPSA) is 20.2 Å². The van der Waals surface area contributed by atoms with Gasteiger partial charge in [-0.3, -0.25) is 0 Å². The van der Waals surface area contributed by atoms with Crippen molar-refractivity contribution in [2.24, 2.45) is 10.8 Å². The van der Waals surface area contributed by atoms with Crippen LogP contribution in [0.15, 0.2) is 37.0 Å². The summed E-state index contributed by atoms with van der Waals surface area (Å²) < 4.78 is 0. The second kappa shape index (κ2) is 2.40. The fraction of sp³-hybridized carbons (Fsp3) is 0.538. The van der Waals surface area contributed by atoms with E-state index >= 15 is 0 Å². The largest absolute Gasteiger partial charge is 0.385 e. The molecule has 1 fully saturated rings. The normalized spacial score (nSPS) is 50.9. The van der Waals surface area contributed by atoms with Crippen LogP contribution in [-0.4, -0.2) is 10.7 Å².